The van der Waals surface area contributed by atoms with Crippen molar-refractivity contribution in [1.29, 1.82) is 0 Å². The van der Waals surface area contributed by atoms with E-state index in [9.17, 15) is 22.0 Å². The number of hydrogen-bond acceptors (Lipinski definition) is 2. The van der Waals surface area contributed by atoms with Gasteiger partial charge in [0.05, 0.1) is 12.7 Å². The van der Waals surface area contributed by atoms with Crippen molar-refractivity contribution in [1.82, 2.24) is 9.55 Å². The van der Waals surface area contributed by atoms with Gasteiger partial charge in [-0.1, -0.05) is 11.6 Å². The highest BCUT2D eigenvalue weighted by Crippen LogP contribution is 2.27. The molecule has 9 heteroatoms. The number of aromatic nitrogens is 2. The molecule has 3 nitrogen and oxygen atoms in total. The van der Waals surface area contributed by atoms with Gasteiger partial charge in [0.1, 0.15) is 16.7 Å². The summed E-state index contributed by atoms with van der Waals surface area (Å²) in [7, 11) is 1.53. The predicted octanol–water partition coefficient (Wildman–Crippen LogP) is 3.38. The van der Waals surface area contributed by atoms with Crippen molar-refractivity contribution in [3.05, 3.63) is 46.3 Å². The first-order chi connectivity index (χ1) is 9.34. The van der Waals surface area contributed by atoms with E-state index in [1.54, 1.807) is 0 Å². The van der Waals surface area contributed by atoms with Gasteiger partial charge in [-0.2, -0.15) is 0 Å². The molecule has 1 aromatic heterocycles. The van der Waals surface area contributed by atoms with Gasteiger partial charge in [0.25, 0.3) is 0 Å². The minimum atomic E-state index is -2.20. The molecular weight excluding hydrogens is 305 g/mol. The lowest BCUT2D eigenvalue weighted by Crippen LogP contribution is -2.12. The molecule has 1 heterocycles. The molecule has 0 spiro atoms. The first kappa shape index (κ1) is 14.6. The number of nitrogens with zero attached hydrogens (tertiary/aromatic N) is 2. The van der Waals surface area contributed by atoms with Crippen LogP contribution in [0.15, 0.2) is 6.20 Å². The van der Waals surface area contributed by atoms with E-state index in [0.29, 0.717) is 0 Å². The molecule has 0 radical (unpaired) electrons. The Labute approximate surface area is 115 Å². The Kier molecular flexibility index (Phi) is 3.85. The third kappa shape index (κ3) is 2.31. The van der Waals surface area contributed by atoms with Gasteiger partial charge in [-0.25, -0.2) is 26.9 Å². The predicted molar refractivity (Wildman–Crippen MR) is 61.8 cm³/mol. The zero-order chi connectivity index (χ0) is 15.0. The van der Waals surface area contributed by atoms with Gasteiger partial charge >= 0.3 is 0 Å². The van der Waals surface area contributed by atoms with Crippen molar-refractivity contribution in [3.63, 3.8) is 0 Å². The number of rotatable bonds is 3. The summed E-state index contributed by atoms with van der Waals surface area (Å²) in [5.41, 5.74) is -1.11. The fourth-order valence-corrected chi connectivity index (χ4v) is 1.66. The monoisotopic (exact) mass is 311 g/mol. The van der Waals surface area contributed by atoms with Crippen molar-refractivity contribution in [3.8, 4) is 0 Å². The molecule has 0 unspecified atom stereocenters. The number of anilines is 1. The fraction of sp³-hybridized carbons (Fsp3) is 0.182. The first-order valence-electron chi connectivity index (χ1n) is 5.26. The number of hydrogen-bond donors (Lipinski definition) is 1. The summed E-state index contributed by atoms with van der Waals surface area (Å²) >= 11 is 5.70. The lowest BCUT2D eigenvalue weighted by Gasteiger charge is -2.10. The van der Waals surface area contributed by atoms with Crippen LogP contribution in [0.5, 0.6) is 0 Å². The second-order valence-electron chi connectivity index (χ2n) is 3.85. The Morgan fingerprint density at radius 1 is 1.05 bits per heavy atom. The maximum absolute atomic E-state index is 13.4. The van der Waals surface area contributed by atoms with E-state index in [4.69, 9.17) is 11.6 Å². The Balaban J connectivity index is 2.33. The molecule has 2 aromatic rings. The SMILES string of the molecule is Cn1c(Cl)cnc1CNc1c(F)c(F)c(F)c(F)c1F. The maximum Gasteiger partial charge on any atom is 0.200 e. The van der Waals surface area contributed by atoms with E-state index in [1.807, 2.05) is 0 Å². The standard InChI is InChI=1S/C11H7ClF5N3/c1-20-4(12)2-18-5(20)3-19-11-9(16)7(14)6(13)8(15)10(11)17/h2,19H,3H2,1H3. The average Bonchev–Trinajstić information content (AvgIpc) is 2.75. The van der Waals surface area contributed by atoms with Crippen LogP contribution in [0.2, 0.25) is 5.15 Å². The third-order valence-electron chi connectivity index (χ3n) is 2.66. The molecule has 0 amide bonds. The van der Waals surface area contributed by atoms with E-state index in [-0.39, 0.29) is 17.5 Å². The molecule has 108 valence electrons. The van der Waals surface area contributed by atoms with E-state index in [1.165, 1.54) is 17.8 Å². The minimum absolute atomic E-state index is 0.262. The van der Waals surface area contributed by atoms with Crippen molar-refractivity contribution in [2.24, 2.45) is 7.05 Å². The first-order valence-corrected chi connectivity index (χ1v) is 5.63. The lowest BCUT2D eigenvalue weighted by molar-refractivity contribution is 0.381. The minimum Gasteiger partial charge on any atom is -0.373 e. The van der Waals surface area contributed by atoms with Crippen LogP contribution in [0.3, 0.4) is 0 Å². The van der Waals surface area contributed by atoms with Crippen LogP contribution in [0, 0.1) is 29.1 Å². The van der Waals surface area contributed by atoms with Gasteiger partial charge < -0.3 is 9.88 Å². The fourth-order valence-electron chi connectivity index (χ4n) is 1.52. The Bertz CT molecular complexity index is 642. The molecule has 0 atom stereocenters. The van der Waals surface area contributed by atoms with Crippen LogP contribution in [0.4, 0.5) is 27.6 Å². The molecule has 0 bridgehead atoms. The molecular formula is C11H7ClF5N3. The van der Waals surface area contributed by atoms with E-state index in [0.717, 1.165) is 0 Å². The van der Waals surface area contributed by atoms with Gasteiger partial charge in [0.15, 0.2) is 23.3 Å². The van der Waals surface area contributed by atoms with Crippen LogP contribution in [-0.4, -0.2) is 9.55 Å². The molecule has 0 aliphatic carbocycles. The van der Waals surface area contributed by atoms with Crippen LogP contribution in [0.1, 0.15) is 5.82 Å². The Morgan fingerprint density at radius 2 is 1.55 bits per heavy atom. The zero-order valence-electron chi connectivity index (χ0n) is 9.95. The Morgan fingerprint density at radius 3 is 2.00 bits per heavy atom. The second kappa shape index (κ2) is 5.28. The summed E-state index contributed by atoms with van der Waals surface area (Å²) in [4.78, 5) is 3.81. The topological polar surface area (TPSA) is 29.9 Å². The van der Waals surface area contributed by atoms with Crippen molar-refractivity contribution in [2.75, 3.05) is 5.32 Å². The Hall–Kier alpha value is -1.83. The highest BCUT2D eigenvalue weighted by molar-refractivity contribution is 6.29. The summed E-state index contributed by atoms with van der Waals surface area (Å²) < 4.78 is 66.9. The smallest absolute Gasteiger partial charge is 0.200 e. The van der Waals surface area contributed by atoms with Crippen LogP contribution >= 0.6 is 11.6 Å². The van der Waals surface area contributed by atoms with Gasteiger partial charge in [-0.3, -0.25) is 0 Å². The molecule has 0 aliphatic heterocycles. The van der Waals surface area contributed by atoms with Gasteiger partial charge in [0, 0.05) is 7.05 Å². The van der Waals surface area contributed by atoms with Crippen LogP contribution in [0.25, 0.3) is 0 Å². The zero-order valence-corrected chi connectivity index (χ0v) is 10.7. The van der Waals surface area contributed by atoms with E-state index in [2.05, 4.69) is 10.3 Å². The van der Waals surface area contributed by atoms with Crippen molar-refractivity contribution < 1.29 is 22.0 Å². The summed E-state index contributed by atoms with van der Waals surface area (Å²) in [5.74, 6) is -9.82. The van der Waals surface area contributed by atoms with Crippen molar-refractivity contribution in [2.45, 2.75) is 6.54 Å². The normalized spacial score (nSPS) is 10.9. The van der Waals surface area contributed by atoms with E-state index >= 15 is 0 Å². The molecule has 0 saturated carbocycles. The molecule has 1 aromatic carbocycles. The quantitative estimate of drug-likeness (QED) is 0.535. The van der Waals surface area contributed by atoms with Crippen LogP contribution in [-0.2, 0) is 13.6 Å². The molecule has 0 aliphatic rings. The summed E-state index contributed by atoms with van der Waals surface area (Å²) in [5, 5.41) is 2.39. The summed E-state index contributed by atoms with van der Waals surface area (Å²) in [6, 6.07) is 0. The number of halogens is 6. The second-order valence-corrected chi connectivity index (χ2v) is 4.24. The van der Waals surface area contributed by atoms with Gasteiger partial charge in [-0.05, 0) is 0 Å². The van der Waals surface area contributed by atoms with Gasteiger partial charge in [0.2, 0.25) is 5.82 Å². The average molecular weight is 312 g/mol. The molecule has 0 saturated heterocycles. The summed E-state index contributed by atoms with van der Waals surface area (Å²) in [6.07, 6.45) is 1.29. The molecule has 20 heavy (non-hydrogen) atoms. The molecule has 2 rings (SSSR count). The highest BCUT2D eigenvalue weighted by Gasteiger charge is 2.25. The third-order valence-corrected chi connectivity index (χ3v) is 3.01. The molecule has 0 fully saturated rings. The van der Waals surface area contributed by atoms with Gasteiger partial charge in [-0.15, -0.1) is 0 Å². The number of nitrogens with one attached hydrogen (secondary N) is 1. The van der Waals surface area contributed by atoms with E-state index < -0.39 is 34.8 Å². The van der Waals surface area contributed by atoms with Crippen LogP contribution < -0.4 is 5.32 Å². The van der Waals surface area contributed by atoms with Crippen molar-refractivity contribution >= 4 is 17.3 Å². The summed E-state index contributed by atoms with van der Waals surface area (Å²) in [6.45, 7) is -0.262. The maximum atomic E-state index is 13.4. The largest absolute Gasteiger partial charge is 0.373 e. The lowest BCUT2D eigenvalue weighted by atomic mass is 10.2. The number of imidazole rings is 1. The highest BCUT2D eigenvalue weighted by atomic mass is 35.5. The molecule has 1 N–H and O–H groups in total. The number of benzene rings is 1.